The van der Waals surface area contributed by atoms with Crippen molar-refractivity contribution in [2.45, 2.75) is 11.8 Å². The van der Waals surface area contributed by atoms with E-state index >= 15 is 0 Å². The Kier molecular flexibility index (Phi) is 4.50. The zero-order chi connectivity index (χ0) is 17.2. The van der Waals surface area contributed by atoms with E-state index in [0.29, 0.717) is 28.9 Å². The van der Waals surface area contributed by atoms with Crippen LogP contribution in [0.5, 0.6) is 0 Å². The second-order valence-electron chi connectivity index (χ2n) is 5.93. The summed E-state index contributed by atoms with van der Waals surface area (Å²) in [7, 11) is 0. The summed E-state index contributed by atoms with van der Waals surface area (Å²) in [6.07, 6.45) is 4.91. The smallest absolute Gasteiger partial charge is 0.277 e. The van der Waals surface area contributed by atoms with Crippen LogP contribution in [-0.4, -0.2) is 33.2 Å². The summed E-state index contributed by atoms with van der Waals surface area (Å²) in [5, 5.41) is 2.51. The minimum Gasteiger partial charge on any atom is -0.306 e. The number of fused-ring (bicyclic) bond motifs is 1. The molecule has 2 aromatic heterocycles. The van der Waals surface area contributed by atoms with E-state index < -0.39 is 0 Å². The first-order valence-electron chi connectivity index (χ1n) is 7.98. The molecule has 0 saturated heterocycles. The van der Waals surface area contributed by atoms with Gasteiger partial charge >= 0.3 is 0 Å². The van der Waals surface area contributed by atoms with Crippen LogP contribution in [0.25, 0.3) is 10.7 Å². The van der Waals surface area contributed by atoms with Crippen molar-refractivity contribution < 1.29 is 4.79 Å². The molecule has 3 aromatic rings. The van der Waals surface area contributed by atoms with Crippen molar-refractivity contribution in [1.29, 1.82) is 0 Å². The van der Waals surface area contributed by atoms with E-state index in [1.807, 2.05) is 23.1 Å². The lowest BCUT2D eigenvalue weighted by Crippen LogP contribution is -2.34. The molecule has 126 valence electrons. The fourth-order valence-corrected chi connectivity index (χ4v) is 4.55. The van der Waals surface area contributed by atoms with E-state index in [2.05, 4.69) is 27.9 Å². The maximum atomic E-state index is 13.1. The number of para-hydroxylation sites is 1. The first kappa shape index (κ1) is 16.2. The first-order chi connectivity index (χ1) is 12.2. The van der Waals surface area contributed by atoms with Crippen molar-refractivity contribution in [3.63, 3.8) is 0 Å². The van der Waals surface area contributed by atoms with Gasteiger partial charge in [-0.05, 0) is 18.1 Å². The number of carbonyl (C=O) groups excluding carboxylic acids is 1. The molecule has 0 unspecified atom stereocenters. The van der Waals surface area contributed by atoms with Gasteiger partial charge in [-0.3, -0.25) is 14.8 Å². The average Bonchev–Trinajstić information content (AvgIpc) is 3.09. The van der Waals surface area contributed by atoms with Crippen molar-refractivity contribution in [2.75, 3.05) is 17.2 Å². The van der Waals surface area contributed by atoms with Crippen LogP contribution in [0.1, 0.15) is 17.4 Å². The van der Waals surface area contributed by atoms with Crippen LogP contribution in [0.4, 0.5) is 5.69 Å². The predicted molar refractivity (Wildman–Crippen MR) is 101 cm³/mol. The third-order valence-electron chi connectivity index (χ3n) is 3.92. The normalized spacial score (nSPS) is 17.0. The standard InChI is InChI=1S/C18H16N4OS2/c1-12-9-22(15-4-2-3-5-16(15)24-10-12)18(23)14-11-25-17(21-14)13-8-19-6-7-20-13/h2-8,11-12H,9-10H2,1H3/t12-/m1/s1. The Bertz CT molecular complexity index is 897. The highest BCUT2D eigenvalue weighted by atomic mass is 32.2. The fraction of sp³-hybridized carbons (Fsp3) is 0.222. The number of hydrogen-bond donors (Lipinski definition) is 0. The number of amides is 1. The van der Waals surface area contributed by atoms with Gasteiger partial charge in [-0.25, -0.2) is 4.98 Å². The molecular formula is C18H16N4OS2. The molecule has 5 nitrogen and oxygen atoms in total. The van der Waals surface area contributed by atoms with E-state index in [-0.39, 0.29) is 5.91 Å². The maximum Gasteiger partial charge on any atom is 0.277 e. The summed E-state index contributed by atoms with van der Waals surface area (Å²) < 4.78 is 0. The third kappa shape index (κ3) is 3.29. The third-order valence-corrected chi connectivity index (χ3v) is 6.18. The summed E-state index contributed by atoms with van der Waals surface area (Å²) in [6.45, 7) is 2.87. The number of nitrogens with zero attached hydrogens (tertiary/aromatic N) is 4. The lowest BCUT2D eigenvalue weighted by atomic mass is 10.1. The number of rotatable bonds is 2. The Morgan fingerprint density at radius 1 is 1.28 bits per heavy atom. The van der Waals surface area contributed by atoms with Gasteiger partial charge in [0.1, 0.15) is 16.4 Å². The highest BCUT2D eigenvalue weighted by Crippen LogP contribution is 2.36. The van der Waals surface area contributed by atoms with Crippen molar-refractivity contribution >= 4 is 34.7 Å². The van der Waals surface area contributed by atoms with Gasteiger partial charge in [-0.15, -0.1) is 23.1 Å². The Balaban J connectivity index is 1.68. The molecule has 0 bridgehead atoms. The van der Waals surface area contributed by atoms with Crippen molar-refractivity contribution in [3.05, 3.63) is 53.9 Å². The van der Waals surface area contributed by atoms with Gasteiger partial charge < -0.3 is 4.90 Å². The van der Waals surface area contributed by atoms with Gasteiger partial charge in [0.15, 0.2) is 0 Å². The van der Waals surface area contributed by atoms with Crippen LogP contribution in [0.3, 0.4) is 0 Å². The van der Waals surface area contributed by atoms with Crippen LogP contribution in [0.2, 0.25) is 0 Å². The molecule has 1 aliphatic heterocycles. The lowest BCUT2D eigenvalue weighted by Gasteiger charge is -2.23. The number of hydrogen-bond acceptors (Lipinski definition) is 6. The Hall–Kier alpha value is -2.25. The molecule has 1 atom stereocenters. The molecule has 7 heteroatoms. The van der Waals surface area contributed by atoms with Crippen LogP contribution < -0.4 is 4.90 Å². The highest BCUT2D eigenvalue weighted by Gasteiger charge is 2.27. The van der Waals surface area contributed by atoms with Crippen LogP contribution in [-0.2, 0) is 0 Å². The van der Waals surface area contributed by atoms with Crippen molar-refractivity contribution in [3.8, 4) is 10.7 Å². The number of thioether (sulfide) groups is 1. The summed E-state index contributed by atoms with van der Waals surface area (Å²) in [6, 6.07) is 8.07. The monoisotopic (exact) mass is 368 g/mol. The highest BCUT2D eigenvalue weighted by molar-refractivity contribution is 7.99. The molecule has 1 aromatic carbocycles. The molecule has 1 aliphatic rings. The number of aromatic nitrogens is 3. The van der Waals surface area contributed by atoms with Crippen LogP contribution >= 0.6 is 23.1 Å². The maximum absolute atomic E-state index is 13.1. The summed E-state index contributed by atoms with van der Waals surface area (Å²) in [5.41, 5.74) is 2.11. The van der Waals surface area contributed by atoms with Crippen molar-refractivity contribution in [2.24, 2.45) is 5.92 Å². The summed E-state index contributed by atoms with van der Waals surface area (Å²) in [4.78, 5) is 28.9. The molecule has 1 amide bonds. The average molecular weight is 368 g/mol. The molecule has 4 rings (SSSR count). The minimum absolute atomic E-state index is 0.0619. The topological polar surface area (TPSA) is 59.0 Å². The number of anilines is 1. The van der Waals surface area contributed by atoms with Gasteiger partial charge in [0.25, 0.3) is 5.91 Å². The quantitative estimate of drug-likeness (QED) is 0.684. The van der Waals surface area contributed by atoms with Crippen LogP contribution in [0, 0.1) is 5.92 Å². The summed E-state index contributed by atoms with van der Waals surface area (Å²) >= 11 is 3.22. The zero-order valence-corrected chi connectivity index (χ0v) is 15.3. The molecule has 0 N–H and O–H groups in total. The van der Waals surface area contributed by atoms with E-state index in [4.69, 9.17) is 0 Å². The number of carbonyl (C=O) groups is 1. The largest absolute Gasteiger partial charge is 0.306 e. The Morgan fingerprint density at radius 3 is 3.00 bits per heavy atom. The molecule has 0 saturated carbocycles. The SMILES string of the molecule is C[C@H]1CSc2ccccc2N(C(=O)c2csc(-c3cnccn3)n2)C1. The van der Waals surface area contributed by atoms with Gasteiger partial charge in [-0.2, -0.15) is 0 Å². The Labute approximate surface area is 154 Å². The van der Waals surface area contributed by atoms with E-state index in [1.165, 1.54) is 11.3 Å². The summed E-state index contributed by atoms with van der Waals surface area (Å²) in [5.74, 6) is 1.36. The first-order valence-corrected chi connectivity index (χ1v) is 9.84. The van der Waals surface area contributed by atoms with Crippen LogP contribution in [0.15, 0.2) is 53.1 Å². The van der Waals surface area contributed by atoms with Gasteiger partial charge in [-0.1, -0.05) is 19.1 Å². The molecule has 0 radical (unpaired) electrons. The zero-order valence-electron chi connectivity index (χ0n) is 13.6. The predicted octanol–water partition coefficient (Wildman–Crippen LogP) is 3.99. The fourth-order valence-electron chi connectivity index (χ4n) is 2.73. The molecular weight excluding hydrogens is 352 g/mol. The van der Waals surface area contributed by atoms with Crippen molar-refractivity contribution in [1.82, 2.24) is 15.0 Å². The number of thiazole rings is 1. The molecule has 0 aliphatic carbocycles. The molecule has 0 fully saturated rings. The van der Waals surface area contributed by atoms with Gasteiger partial charge in [0.2, 0.25) is 0 Å². The van der Waals surface area contributed by atoms with Gasteiger partial charge in [0.05, 0.1) is 11.9 Å². The number of benzene rings is 1. The van der Waals surface area contributed by atoms with E-state index in [0.717, 1.165) is 16.3 Å². The van der Waals surface area contributed by atoms with E-state index in [1.54, 1.807) is 35.7 Å². The minimum atomic E-state index is -0.0619. The lowest BCUT2D eigenvalue weighted by molar-refractivity contribution is 0.0980. The molecule has 25 heavy (non-hydrogen) atoms. The second-order valence-corrected chi connectivity index (χ2v) is 7.85. The molecule has 3 heterocycles. The second kappa shape index (κ2) is 6.93. The van der Waals surface area contributed by atoms with E-state index in [9.17, 15) is 4.79 Å². The van der Waals surface area contributed by atoms with Gasteiger partial charge in [0, 0.05) is 35.0 Å². The Morgan fingerprint density at radius 2 is 2.16 bits per heavy atom. The molecule has 0 spiro atoms.